The normalized spacial score (nSPS) is 25.5. The standard InChI is InChI=1S/C18H33N3O4.C17H32N2O3.C16H27N3O3.C13H26N2O.4C2H5.4Y/c1-6-25-16(22)10-21(18(19)24)9-15(13(4)17(23)20-5)14-8-7-11(2)12(14)3;1-6-22-16(20)10-19-9-15(13(4)17(21)18-5)14-8-7-11(2)12(14)3;1-9-5-6-12(10(9)2)13(11(3)15(21)17-4)7-19-8-14(20)18-16(19)22;1-8-5-6-11(9(8)2)12(7-14)10(3)13(16)15-4;4*1-2;;;;/h11-15H,6-10H2,1-5H3,(H3,19,20,23,24);11-15,19H,6-10H2,1-5H3,(H,18,21);9-13H,5-8H2,1-4H3,(H2,17,18,20,21,22);8-12H,5-7,14H2,1-4H3,(H,15,16);4*1H2,2H3;;;;/q;;;;4*-1;;;;/p-4/t2*11-,12-,13?,14+,15?;9-,10-,11?,12+,13?;8-,9-,10?,11+,12?;;;;;;;;/m1111......../s1. The predicted molar refractivity (Wildman–Crippen MR) is 378 cm³/mol. The number of urea groups is 2. The molecule has 20 atom stereocenters. The zero-order valence-electron chi connectivity index (χ0n) is 64.5. The number of hydrogen-bond donors (Lipinski definition) is 4. The van der Waals surface area contributed by atoms with Crippen molar-refractivity contribution in [3.8, 4) is 0 Å². The van der Waals surface area contributed by atoms with Gasteiger partial charge in [0.25, 0.3) is 0 Å². The van der Waals surface area contributed by atoms with Gasteiger partial charge in [0.15, 0.2) is 0 Å². The molecule has 4 aliphatic carbocycles. The van der Waals surface area contributed by atoms with Gasteiger partial charge in [0.2, 0.25) is 5.91 Å². The predicted octanol–water partition coefficient (Wildman–Crippen LogP) is 12.8. The summed E-state index contributed by atoms with van der Waals surface area (Å²) in [7, 11) is 6.14. The molecule has 5 rings (SSSR count). The summed E-state index contributed by atoms with van der Waals surface area (Å²) in [6.07, 6.45) is 9.16. The fourth-order valence-corrected chi connectivity index (χ4v) is 14.6. The minimum absolute atomic E-state index is 0. The summed E-state index contributed by atoms with van der Waals surface area (Å²) in [6.45, 7) is 51.9. The van der Waals surface area contributed by atoms with Crippen molar-refractivity contribution < 1.29 is 183 Å². The van der Waals surface area contributed by atoms with Gasteiger partial charge in [-0.05, 0) is 147 Å². The summed E-state index contributed by atoms with van der Waals surface area (Å²) in [5.41, 5.74) is 11.3. The zero-order chi connectivity index (χ0) is 72.6. The number of amides is 9. The number of rotatable bonds is 25. The summed E-state index contributed by atoms with van der Waals surface area (Å²) in [5.74, 6) is 5.10. The van der Waals surface area contributed by atoms with Crippen LogP contribution in [0.3, 0.4) is 0 Å². The Hall–Kier alpha value is -0.634. The van der Waals surface area contributed by atoms with Crippen molar-refractivity contribution in [1.29, 1.82) is 0 Å². The molecule has 4 saturated carbocycles. The van der Waals surface area contributed by atoms with Crippen molar-refractivity contribution in [2.24, 2.45) is 130 Å². The Morgan fingerprint density at radius 3 is 1.13 bits per heavy atom. The molecule has 8 unspecified atom stereocenters. The van der Waals surface area contributed by atoms with Crippen molar-refractivity contribution in [1.82, 2.24) is 20.4 Å². The third-order valence-corrected chi connectivity index (χ3v) is 21.2. The van der Waals surface area contributed by atoms with Crippen molar-refractivity contribution in [2.45, 2.75) is 176 Å². The first-order valence-corrected chi connectivity index (χ1v) is 34.7. The van der Waals surface area contributed by atoms with E-state index in [4.69, 9.17) is 20.9 Å². The van der Waals surface area contributed by atoms with E-state index < -0.39 is 12.0 Å². The molecule has 9 amide bonds. The fraction of sp³-hybridized carbons (Fsp3) is 0.819. The molecule has 0 bridgehead atoms. The van der Waals surface area contributed by atoms with E-state index in [1.54, 1.807) is 55.6 Å². The third-order valence-electron chi connectivity index (χ3n) is 21.2. The van der Waals surface area contributed by atoms with Crippen LogP contribution in [0.1, 0.15) is 176 Å². The van der Waals surface area contributed by atoms with Crippen molar-refractivity contribution in [3.05, 3.63) is 49.0 Å². The molecule has 0 spiro atoms. The molecule has 1 heterocycles. The molecular weight excluding hydrogens is 1540 g/mol. The van der Waals surface area contributed by atoms with Crippen LogP contribution >= 0.6 is 0 Å². The second-order valence-corrected chi connectivity index (χ2v) is 25.8. The Kier molecular flexibility index (Phi) is 69.7. The number of primary amides is 1. The molecular formula is C72H134N10O11Y4-8. The van der Waals surface area contributed by atoms with Crippen LogP contribution < -0.4 is 22.1 Å². The molecule has 25 heteroatoms. The van der Waals surface area contributed by atoms with Crippen LogP contribution in [-0.2, 0) is 174 Å². The second-order valence-electron chi connectivity index (χ2n) is 25.8. The Balaban J connectivity index is -0.000000214. The van der Waals surface area contributed by atoms with E-state index >= 15 is 0 Å². The van der Waals surface area contributed by atoms with Crippen LogP contribution in [0.5, 0.6) is 0 Å². The molecule has 21 nitrogen and oxygen atoms in total. The van der Waals surface area contributed by atoms with Crippen molar-refractivity contribution in [2.75, 3.05) is 87.2 Å². The van der Waals surface area contributed by atoms with Gasteiger partial charge < -0.3 is 104 Å². The summed E-state index contributed by atoms with van der Waals surface area (Å²) < 4.78 is 9.85. The van der Waals surface area contributed by atoms with Gasteiger partial charge in [-0.1, -0.05) is 109 Å². The molecule has 1 aliphatic heterocycles. The monoisotopic (exact) mass is 1670 g/mol. The largest absolute Gasteiger partial charge is 0.656 e. The Morgan fingerprint density at radius 1 is 0.526 bits per heavy atom. The van der Waals surface area contributed by atoms with Crippen LogP contribution in [-0.4, -0.2) is 151 Å². The molecule has 1 saturated heterocycles. The van der Waals surface area contributed by atoms with Gasteiger partial charge in [-0.3, -0.25) is 19.7 Å². The first-order valence-electron chi connectivity index (χ1n) is 34.7. The first-order chi connectivity index (χ1) is 44.0. The van der Waals surface area contributed by atoms with E-state index in [-0.39, 0.29) is 247 Å². The maximum absolute atomic E-state index is 12.2. The van der Waals surface area contributed by atoms with E-state index in [2.05, 4.69) is 115 Å². The molecule has 0 aromatic rings. The second kappa shape index (κ2) is 61.7. The maximum atomic E-state index is 12.2. The first kappa shape index (κ1) is 110. The summed E-state index contributed by atoms with van der Waals surface area (Å²) in [5, 5.41) is 20.7. The molecule has 5 fully saturated rings. The number of nitrogens with one attached hydrogen (secondary N) is 2. The fourth-order valence-electron chi connectivity index (χ4n) is 14.6. The van der Waals surface area contributed by atoms with Gasteiger partial charge in [0.1, 0.15) is 13.1 Å². The molecule has 5 aliphatic rings. The van der Waals surface area contributed by atoms with Gasteiger partial charge in [0, 0.05) is 168 Å². The summed E-state index contributed by atoms with van der Waals surface area (Å²) in [6, 6.07) is -1.02. The van der Waals surface area contributed by atoms with Crippen molar-refractivity contribution in [3.63, 3.8) is 0 Å². The van der Waals surface area contributed by atoms with Gasteiger partial charge in [0.05, 0.1) is 43.4 Å². The average molecular weight is 1670 g/mol. The number of carbonyl (C=O) groups is 9. The van der Waals surface area contributed by atoms with Crippen LogP contribution in [0.2, 0.25) is 0 Å². The van der Waals surface area contributed by atoms with Gasteiger partial charge >= 0.3 is 24.0 Å². The van der Waals surface area contributed by atoms with Crippen LogP contribution in [0.4, 0.5) is 9.59 Å². The number of ether oxygens (including phenoxy) is 2. The quantitative estimate of drug-likeness (QED) is 0.0376. The molecule has 4 radical (unpaired) electrons. The van der Waals surface area contributed by atoms with Crippen molar-refractivity contribution >= 4 is 53.5 Å². The number of carbonyl (C=O) groups excluding carboxylic acids is 9. The number of nitrogens with zero attached hydrogens (tertiary/aromatic N) is 6. The maximum Gasteiger partial charge on any atom is 0.325 e. The average Bonchev–Trinajstić information content (AvgIpc) is 1.76. The number of imide groups is 1. The van der Waals surface area contributed by atoms with Crippen LogP contribution in [0, 0.1) is 146 Å². The molecule has 0 aromatic heterocycles. The van der Waals surface area contributed by atoms with E-state index in [1.807, 2.05) is 27.7 Å². The topological polar surface area (TPSA) is 311 Å². The number of nitrogens with two attached hydrogens (primary N) is 2. The zero-order valence-corrected chi connectivity index (χ0v) is 75.9. The Bertz CT molecular complexity index is 2160. The van der Waals surface area contributed by atoms with Crippen LogP contribution in [0.15, 0.2) is 0 Å². The molecule has 558 valence electrons. The SMILES string of the molecule is CCOC(=O)CN(CC(C(C)C(=O)[N-]C)[C@H]1CC[C@@H](C)[C@H]1C)C(N)=O.CCOC(=O)CNCC(C(C)C(=O)[N-]C)[C@H]1CC[C@@H](C)[C@H]1C.C[N-]C(=O)C(C)C(CN)[C@H]1CC[C@@H](C)[C@H]1C.C[N-]C(=O)C(C)C(CN1CC(=O)NC1=O)[C@H]1CC[C@@H](C)[C@H]1C.[CH2-]C.[CH2-]C.[CH2-]C.[CH2-]C.[Y].[Y].[Y].[Y]. The van der Waals surface area contributed by atoms with E-state index in [1.165, 1.54) is 43.2 Å². The Morgan fingerprint density at radius 2 is 0.835 bits per heavy atom. The van der Waals surface area contributed by atoms with Crippen LogP contribution in [0.25, 0.3) is 21.3 Å². The van der Waals surface area contributed by atoms with E-state index in [0.29, 0.717) is 97.3 Å². The molecule has 97 heavy (non-hydrogen) atoms. The summed E-state index contributed by atoms with van der Waals surface area (Å²) >= 11 is 0. The van der Waals surface area contributed by atoms with Gasteiger partial charge in [-0.15, -0.1) is 28.2 Å². The number of hydrogen-bond acceptors (Lipinski definition) is 13. The van der Waals surface area contributed by atoms with E-state index in [0.717, 1.165) is 38.0 Å². The molecule has 6 N–H and O–H groups in total. The van der Waals surface area contributed by atoms with E-state index in [9.17, 15) is 43.2 Å². The smallest absolute Gasteiger partial charge is 0.325 e. The molecule has 0 aromatic carbocycles. The Labute approximate surface area is 691 Å². The minimum Gasteiger partial charge on any atom is -0.656 e. The van der Waals surface area contributed by atoms with Gasteiger partial charge in [-0.25, -0.2) is 9.59 Å². The minimum atomic E-state index is -0.676. The number of esters is 2. The third kappa shape index (κ3) is 37.3. The summed E-state index contributed by atoms with van der Waals surface area (Å²) in [4.78, 5) is 109. The van der Waals surface area contributed by atoms with Gasteiger partial charge in [-0.2, -0.15) is 27.7 Å².